The Morgan fingerprint density at radius 3 is 2.68 bits per heavy atom. The third kappa shape index (κ3) is 4.45. The number of ether oxygens (including phenoxy) is 2. The molecule has 0 radical (unpaired) electrons. The van der Waals surface area contributed by atoms with E-state index in [4.69, 9.17) is 4.74 Å². The number of sulfone groups is 1. The molecule has 2 aliphatic rings. The van der Waals surface area contributed by atoms with E-state index in [9.17, 15) is 13.2 Å². The zero-order valence-corrected chi connectivity index (χ0v) is 12.2. The van der Waals surface area contributed by atoms with Gasteiger partial charge in [0.1, 0.15) is 0 Å². The molecule has 1 saturated heterocycles. The van der Waals surface area contributed by atoms with Crippen molar-refractivity contribution in [3.63, 3.8) is 0 Å². The van der Waals surface area contributed by atoms with Crippen molar-refractivity contribution in [3.05, 3.63) is 0 Å². The molecule has 1 unspecified atom stereocenters. The lowest BCUT2D eigenvalue weighted by Gasteiger charge is -2.15. The highest BCUT2D eigenvalue weighted by atomic mass is 32.2. The molecule has 1 heterocycles. The fourth-order valence-electron chi connectivity index (χ4n) is 2.65. The first-order chi connectivity index (χ1) is 8.95. The predicted octanol–water partition coefficient (Wildman–Crippen LogP) is 1.31. The van der Waals surface area contributed by atoms with Crippen molar-refractivity contribution in [2.24, 2.45) is 5.41 Å². The van der Waals surface area contributed by atoms with E-state index in [0.29, 0.717) is 6.42 Å². The smallest absolute Gasteiger partial charge is 0.306 e. The van der Waals surface area contributed by atoms with Gasteiger partial charge in [-0.2, -0.15) is 0 Å². The first-order valence-corrected chi connectivity index (χ1v) is 8.66. The normalized spacial score (nSPS) is 25.2. The van der Waals surface area contributed by atoms with Crippen LogP contribution in [-0.2, 0) is 24.1 Å². The van der Waals surface area contributed by atoms with Gasteiger partial charge in [-0.3, -0.25) is 4.79 Å². The summed E-state index contributed by atoms with van der Waals surface area (Å²) in [6.07, 6.45) is 4.51. The third-order valence-electron chi connectivity index (χ3n) is 4.01. The molecule has 1 saturated carbocycles. The van der Waals surface area contributed by atoms with E-state index in [0.717, 1.165) is 32.3 Å². The second-order valence-electron chi connectivity index (χ2n) is 5.77. The fourth-order valence-corrected chi connectivity index (χ4v) is 4.74. The highest BCUT2D eigenvalue weighted by Crippen LogP contribution is 2.50. The van der Waals surface area contributed by atoms with Crippen LogP contribution in [0.1, 0.15) is 38.5 Å². The largest absolute Gasteiger partial charge is 0.469 e. The van der Waals surface area contributed by atoms with E-state index < -0.39 is 9.84 Å². The molecule has 0 aromatic carbocycles. The van der Waals surface area contributed by atoms with Gasteiger partial charge in [0.15, 0.2) is 9.84 Å². The molecule has 0 aromatic rings. The van der Waals surface area contributed by atoms with Crippen molar-refractivity contribution < 1.29 is 22.7 Å². The van der Waals surface area contributed by atoms with E-state index >= 15 is 0 Å². The SMILES string of the molecule is COC(=O)CC1(CS(=O)(=O)CCC2CCCO2)CC1. The number of hydrogen-bond acceptors (Lipinski definition) is 5. The average molecular weight is 290 g/mol. The van der Waals surface area contributed by atoms with E-state index in [1.807, 2.05) is 0 Å². The van der Waals surface area contributed by atoms with Crippen LogP contribution < -0.4 is 0 Å². The quantitative estimate of drug-likeness (QED) is 0.661. The Bertz CT molecular complexity index is 418. The van der Waals surface area contributed by atoms with Crippen molar-refractivity contribution in [3.8, 4) is 0 Å². The van der Waals surface area contributed by atoms with Crippen molar-refractivity contribution >= 4 is 15.8 Å². The Balaban J connectivity index is 1.81. The Morgan fingerprint density at radius 1 is 1.42 bits per heavy atom. The van der Waals surface area contributed by atoms with Crippen LogP contribution in [0.3, 0.4) is 0 Å². The summed E-state index contributed by atoms with van der Waals surface area (Å²) in [5, 5.41) is 0. The summed E-state index contributed by atoms with van der Waals surface area (Å²) in [6, 6.07) is 0. The van der Waals surface area contributed by atoms with Crippen LogP contribution in [0.5, 0.6) is 0 Å². The maximum Gasteiger partial charge on any atom is 0.306 e. The molecule has 0 bridgehead atoms. The second-order valence-corrected chi connectivity index (χ2v) is 7.95. The second kappa shape index (κ2) is 5.79. The summed E-state index contributed by atoms with van der Waals surface area (Å²) >= 11 is 0. The van der Waals surface area contributed by atoms with Gasteiger partial charge in [-0.05, 0) is 37.5 Å². The van der Waals surface area contributed by atoms with Gasteiger partial charge in [0, 0.05) is 6.61 Å². The maximum absolute atomic E-state index is 12.1. The van der Waals surface area contributed by atoms with Crippen molar-refractivity contribution in [2.75, 3.05) is 25.2 Å². The predicted molar refractivity (Wildman–Crippen MR) is 70.5 cm³/mol. The summed E-state index contributed by atoms with van der Waals surface area (Å²) in [6.45, 7) is 0.747. The molecule has 5 nitrogen and oxygen atoms in total. The molecule has 1 aliphatic carbocycles. The van der Waals surface area contributed by atoms with Gasteiger partial charge in [-0.15, -0.1) is 0 Å². The van der Waals surface area contributed by atoms with Gasteiger partial charge in [0.05, 0.1) is 31.1 Å². The molecule has 19 heavy (non-hydrogen) atoms. The summed E-state index contributed by atoms with van der Waals surface area (Å²) in [4.78, 5) is 11.3. The zero-order chi connectivity index (χ0) is 13.9. The molecule has 1 atom stereocenters. The molecule has 0 aromatic heterocycles. The lowest BCUT2D eigenvalue weighted by molar-refractivity contribution is -0.141. The number of carbonyl (C=O) groups is 1. The molecular formula is C13H22O5S. The van der Waals surface area contributed by atoms with Gasteiger partial charge >= 0.3 is 5.97 Å². The van der Waals surface area contributed by atoms with Crippen LogP contribution in [0.25, 0.3) is 0 Å². The van der Waals surface area contributed by atoms with Gasteiger partial charge in [-0.1, -0.05) is 0 Å². The number of carbonyl (C=O) groups excluding carboxylic acids is 1. The summed E-state index contributed by atoms with van der Waals surface area (Å²) in [7, 11) is -1.77. The fraction of sp³-hybridized carbons (Fsp3) is 0.923. The van der Waals surface area contributed by atoms with E-state index in [-0.39, 0.29) is 35.4 Å². The topological polar surface area (TPSA) is 69.7 Å². The number of esters is 1. The average Bonchev–Trinajstić information content (AvgIpc) is 2.90. The van der Waals surface area contributed by atoms with Crippen LogP contribution in [0.2, 0.25) is 0 Å². The van der Waals surface area contributed by atoms with Crippen molar-refractivity contribution in [2.45, 2.75) is 44.6 Å². The lowest BCUT2D eigenvalue weighted by Crippen LogP contribution is -2.24. The Morgan fingerprint density at radius 2 is 2.16 bits per heavy atom. The lowest BCUT2D eigenvalue weighted by atomic mass is 10.1. The van der Waals surface area contributed by atoms with Gasteiger partial charge in [0.2, 0.25) is 0 Å². The molecule has 1 aliphatic heterocycles. The standard InChI is InChI=1S/C13H22O5S/c1-17-12(14)9-13(5-6-13)10-19(15,16)8-4-11-3-2-7-18-11/h11H,2-10H2,1H3. The summed E-state index contributed by atoms with van der Waals surface area (Å²) in [5.41, 5.74) is -0.345. The molecule has 0 N–H and O–H groups in total. The van der Waals surface area contributed by atoms with Gasteiger partial charge < -0.3 is 9.47 Å². The first-order valence-electron chi connectivity index (χ1n) is 6.84. The molecule has 0 spiro atoms. The molecule has 0 amide bonds. The highest BCUT2D eigenvalue weighted by molar-refractivity contribution is 7.91. The first kappa shape index (κ1) is 14.8. The molecule has 6 heteroatoms. The maximum atomic E-state index is 12.1. The molecule has 2 rings (SSSR count). The Kier molecular flexibility index (Phi) is 4.50. The monoisotopic (exact) mass is 290 g/mol. The number of methoxy groups -OCH3 is 1. The van der Waals surface area contributed by atoms with Crippen molar-refractivity contribution in [1.82, 2.24) is 0 Å². The van der Waals surface area contributed by atoms with Crippen LogP contribution in [0.4, 0.5) is 0 Å². The highest BCUT2D eigenvalue weighted by Gasteiger charge is 2.47. The van der Waals surface area contributed by atoms with Crippen LogP contribution >= 0.6 is 0 Å². The Hall–Kier alpha value is -0.620. The van der Waals surface area contributed by atoms with E-state index in [1.165, 1.54) is 7.11 Å². The van der Waals surface area contributed by atoms with Crippen molar-refractivity contribution in [1.29, 1.82) is 0 Å². The minimum atomic E-state index is -3.11. The number of rotatable bonds is 7. The minimum Gasteiger partial charge on any atom is -0.469 e. The zero-order valence-electron chi connectivity index (χ0n) is 11.4. The summed E-state index contributed by atoms with van der Waals surface area (Å²) < 4.78 is 34.3. The van der Waals surface area contributed by atoms with Gasteiger partial charge in [-0.25, -0.2) is 8.42 Å². The minimum absolute atomic E-state index is 0.102. The van der Waals surface area contributed by atoms with Crippen LogP contribution in [-0.4, -0.2) is 45.7 Å². The van der Waals surface area contributed by atoms with E-state index in [2.05, 4.69) is 4.74 Å². The van der Waals surface area contributed by atoms with E-state index in [1.54, 1.807) is 0 Å². The molecular weight excluding hydrogens is 268 g/mol. The third-order valence-corrected chi connectivity index (χ3v) is 5.91. The number of hydrogen-bond donors (Lipinski definition) is 0. The Labute approximate surface area is 114 Å². The van der Waals surface area contributed by atoms with Crippen LogP contribution in [0.15, 0.2) is 0 Å². The van der Waals surface area contributed by atoms with Crippen LogP contribution in [0, 0.1) is 5.41 Å². The summed E-state index contributed by atoms with van der Waals surface area (Å²) in [5.74, 6) is -0.0330. The molecule has 2 fully saturated rings. The van der Waals surface area contributed by atoms with Gasteiger partial charge in [0.25, 0.3) is 0 Å². The molecule has 110 valence electrons.